The first kappa shape index (κ1) is 12.6. The van der Waals surface area contributed by atoms with Crippen LogP contribution in [0.2, 0.25) is 0 Å². The lowest BCUT2D eigenvalue weighted by Crippen LogP contribution is -2.46. The lowest BCUT2D eigenvalue weighted by atomic mass is 9.66. The Morgan fingerprint density at radius 2 is 1.78 bits per heavy atom. The van der Waals surface area contributed by atoms with E-state index in [9.17, 15) is 15.3 Å². The van der Waals surface area contributed by atoms with Crippen molar-refractivity contribution in [3.05, 3.63) is 12.2 Å². The van der Waals surface area contributed by atoms with E-state index in [0.29, 0.717) is 18.4 Å². The molecule has 0 aromatic carbocycles. The third-order valence-corrected chi connectivity index (χ3v) is 6.09. The lowest BCUT2D eigenvalue weighted by Gasteiger charge is -2.42. The minimum atomic E-state index is -0.991. The van der Waals surface area contributed by atoms with Crippen molar-refractivity contribution in [3.63, 3.8) is 0 Å². The van der Waals surface area contributed by atoms with Crippen LogP contribution < -0.4 is 0 Å². The van der Waals surface area contributed by atoms with Crippen molar-refractivity contribution in [2.45, 2.75) is 57.8 Å². The van der Waals surface area contributed by atoms with Crippen molar-refractivity contribution in [3.8, 4) is 0 Å². The molecule has 0 radical (unpaired) electrons. The van der Waals surface area contributed by atoms with Gasteiger partial charge in [-0.25, -0.2) is 0 Å². The second kappa shape index (κ2) is 3.20. The summed E-state index contributed by atoms with van der Waals surface area (Å²) < 4.78 is 0. The number of fused-ring (bicyclic) bond motifs is 3. The van der Waals surface area contributed by atoms with Gasteiger partial charge in [0.25, 0.3) is 0 Å². The molecule has 3 N–H and O–H groups in total. The normalized spacial score (nSPS) is 57.8. The van der Waals surface area contributed by atoms with Gasteiger partial charge >= 0.3 is 0 Å². The molecule has 0 aromatic heterocycles. The zero-order chi connectivity index (χ0) is 13.5. The van der Waals surface area contributed by atoms with Gasteiger partial charge in [-0.05, 0) is 36.2 Å². The van der Waals surface area contributed by atoms with Gasteiger partial charge in [-0.2, -0.15) is 0 Å². The number of aliphatic hydroxyl groups excluding tert-OH is 2. The van der Waals surface area contributed by atoms with Gasteiger partial charge in [-0.1, -0.05) is 27.4 Å². The van der Waals surface area contributed by atoms with Gasteiger partial charge in [-0.3, -0.25) is 0 Å². The molecule has 0 aliphatic heterocycles. The number of aliphatic hydroxyl groups is 3. The van der Waals surface area contributed by atoms with Crippen LogP contribution in [0.15, 0.2) is 12.2 Å². The highest BCUT2D eigenvalue weighted by Crippen LogP contribution is 2.71. The Morgan fingerprint density at radius 1 is 1.17 bits per heavy atom. The first-order valence-electron chi connectivity index (χ1n) is 6.92. The van der Waals surface area contributed by atoms with E-state index in [-0.39, 0.29) is 28.8 Å². The Kier molecular flexibility index (Phi) is 2.24. The summed E-state index contributed by atoms with van der Waals surface area (Å²) in [5.74, 6) is 0.0337. The van der Waals surface area contributed by atoms with Crippen LogP contribution in [0.4, 0.5) is 0 Å². The van der Waals surface area contributed by atoms with E-state index in [2.05, 4.69) is 27.4 Å². The molecular formula is C15H24O3. The highest BCUT2D eigenvalue weighted by atomic mass is 16.3. The van der Waals surface area contributed by atoms with Crippen molar-refractivity contribution in [2.75, 3.05) is 0 Å². The summed E-state index contributed by atoms with van der Waals surface area (Å²) in [6.45, 7) is 10.3. The van der Waals surface area contributed by atoms with Crippen LogP contribution in [-0.4, -0.2) is 33.1 Å². The minimum Gasteiger partial charge on any atom is -0.393 e. The molecule has 0 amide bonds. The van der Waals surface area contributed by atoms with Crippen LogP contribution in [0.25, 0.3) is 0 Å². The third-order valence-electron chi connectivity index (χ3n) is 6.09. The van der Waals surface area contributed by atoms with Crippen LogP contribution in [0.5, 0.6) is 0 Å². The first-order valence-corrected chi connectivity index (χ1v) is 6.92. The molecule has 0 heterocycles. The van der Waals surface area contributed by atoms with E-state index in [1.165, 1.54) is 0 Å². The van der Waals surface area contributed by atoms with E-state index in [0.717, 1.165) is 6.42 Å². The topological polar surface area (TPSA) is 60.7 Å². The Morgan fingerprint density at radius 3 is 2.39 bits per heavy atom. The second-order valence-corrected chi connectivity index (χ2v) is 7.65. The maximum atomic E-state index is 11.2. The summed E-state index contributed by atoms with van der Waals surface area (Å²) in [5.41, 5.74) is -0.783. The van der Waals surface area contributed by atoms with Crippen LogP contribution in [-0.2, 0) is 0 Å². The number of hydrogen-bond acceptors (Lipinski definition) is 3. The maximum absolute atomic E-state index is 11.2. The van der Waals surface area contributed by atoms with Crippen molar-refractivity contribution in [1.82, 2.24) is 0 Å². The highest BCUT2D eigenvalue weighted by molar-refractivity contribution is 5.35. The molecule has 3 heteroatoms. The summed E-state index contributed by atoms with van der Waals surface area (Å²) in [5, 5.41) is 31.6. The SMILES string of the molecule is C=C1[C@@H](O)C[C@H]2C[C@@]3(C)[C@@H](C(C)(C)C[C@@H]3O)[C@@]12O. The zero-order valence-electron chi connectivity index (χ0n) is 11.5. The van der Waals surface area contributed by atoms with Crippen molar-refractivity contribution in [1.29, 1.82) is 0 Å². The molecule has 0 saturated heterocycles. The Hall–Kier alpha value is -0.380. The van der Waals surface area contributed by atoms with Crippen molar-refractivity contribution < 1.29 is 15.3 Å². The fraction of sp³-hybridized carbons (Fsp3) is 0.867. The second-order valence-electron chi connectivity index (χ2n) is 7.65. The van der Waals surface area contributed by atoms with Crippen LogP contribution in [0.3, 0.4) is 0 Å². The quantitative estimate of drug-likeness (QED) is 0.572. The van der Waals surface area contributed by atoms with E-state index >= 15 is 0 Å². The van der Waals surface area contributed by atoms with Gasteiger partial charge < -0.3 is 15.3 Å². The lowest BCUT2D eigenvalue weighted by molar-refractivity contribution is -0.0462. The van der Waals surface area contributed by atoms with E-state index < -0.39 is 11.7 Å². The number of rotatable bonds is 0. The van der Waals surface area contributed by atoms with E-state index in [4.69, 9.17) is 0 Å². The summed E-state index contributed by atoms with van der Waals surface area (Å²) >= 11 is 0. The van der Waals surface area contributed by atoms with Gasteiger partial charge in [0.2, 0.25) is 0 Å². The number of hydrogen-bond donors (Lipinski definition) is 3. The molecule has 6 atom stereocenters. The van der Waals surface area contributed by atoms with Crippen LogP contribution in [0, 0.1) is 22.7 Å². The monoisotopic (exact) mass is 252 g/mol. The average molecular weight is 252 g/mol. The van der Waals surface area contributed by atoms with Crippen LogP contribution in [0.1, 0.15) is 40.0 Å². The molecular weight excluding hydrogens is 228 g/mol. The molecule has 0 spiro atoms. The van der Waals surface area contributed by atoms with Crippen LogP contribution >= 0.6 is 0 Å². The van der Waals surface area contributed by atoms with Gasteiger partial charge in [0.1, 0.15) is 0 Å². The van der Waals surface area contributed by atoms with Crippen molar-refractivity contribution in [2.24, 2.45) is 22.7 Å². The maximum Gasteiger partial charge on any atom is 0.0947 e. The smallest absolute Gasteiger partial charge is 0.0947 e. The van der Waals surface area contributed by atoms with Crippen molar-refractivity contribution >= 4 is 0 Å². The van der Waals surface area contributed by atoms with Gasteiger partial charge in [0, 0.05) is 11.3 Å². The zero-order valence-corrected chi connectivity index (χ0v) is 11.5. The molecule has 3 saturated carbocycles. The predicted octanol–water partition coefficient (Wildman–Crippen LogP) is 1.47. The molecule has 102 valence electrons. The molecule has 0 aromatic rings. The van der Waals surface area contributed by atoms with E-state index in [1.807, 2.05) is 0 Å². The Labute approximate surface area is 109 Å². The van der Waals surface area contributed by atoms with Gasteiger partial charge in [0.05, 0.1) is 17.8 Å². The summed E-state index contributed by atoms with van der Waals surface area (Å²) in [4.78, 5) is 0. The largest absolute Gasteiger partial charge is 0.393 e. The average Bonchev–Trinajstić information content (AvgIpc) is 2.64. The Bertz CT molecular complexity index is 416. The minimum absolute atomic E-state index is 0.0119. The van der Waals surface area contributed by atoms with E-state index in [1.54, 1.807) is 0 Å². The third kappa shape index (κ3) is 1.16. The molecule has 0 unspecified atom stereocenters. The summed E-state index contributed by atoms with van der Waals surface area (Å²) in [6.07, 6.45) is 1.14. The fourth-order valence-corrected chi connectivity index (χ4v) is 5.60. The molecule has 3 fully saturated rings. The predicted molar refractivity (Wildman–Crippen MR) is 68.8 cm³/mol. The highest BCUT2D eigenvalue weighted by Gasteiger charge is 2.73. The summed E-state index contributed by atoms with van der Waals surface area (Å²) in [6, 6.07) is 0. The first-order chi connectivity index (χ1) is 8.14. The summed E-state index contributed by atoms with van der Waals surface area (Å²) in [7, 11) is 0. The molecule has 3 aliphatic carbocycles. The molecule has 0 bridgehead atoms. The van der Waals surface area contributed by atoms with Gasteiger partial charge in [-0.15, -0.1) is 0 Å². The molecule has 18 heavy (non-hydrogen) atoms. The molecule has 3 nitrogen and oxygen atoms in total. The standard InChI is InChI=1S/C15H24O3/c1-8-10(16)5-9-6-14(4)11(17)7-13(2,3)12(14)15(8,9)18/h9-12,16-18H,1,5-7H2,2-4H3/t9-,10-,11-,12+,14+,15+/m0/s1. The molecule has 3 rings (SSSR count). The van der Waals surface area contributed by atoms with Gasteiger partial charge in [0.15, 0.2) is 0 Å². The Balaban J connectivity index is 2.13. The fourth-order valence-electron chi connectivity index (χ4n) is 5.60. The molecule has 3 aliphatic rings.